The van der Waals surface area contributed by atoms with Gasteiger partial charge in [0.25, 0.3) is 0 Å². The van der Waals surface area contributed by atoms with Gasteiger partial charge in [0.2, 0.25) is 5.88 Å². The molecule has 1 unspecified atom stereocenters. The molecule has 0 aliphatic carbocycles. The normalized spacial score (nSPS) is 12.2. The first-order chi connectivity index (χ1) is 9.69. The van der Waals surface area contributed by atoms with Gasteiger partial charge in [-0.05, 0) is 34.1 Å². The smallest absolute Gasteiger partial charge is 0.237 e. The highest BCUT2D eigenvalue weighted by Gasteiger charge is 2.22. The summed E-state index contributed by atoms with van der Waals surface area (Å²) in [5.74, 6) is 0.495. The number of halogens is 2. The van der Waals surface area contributed by atoms with Gasteiger partial charge >= 0.3 is 0 Å². The van der Waals surface area contributed by atoms with Gasteiger partial charge < -0.3 is 10.1 Å². The van der Waals surface area contributed by atoms with Crippen molar-refractivity contribution in [1.82, 2.24) is 15.3 Å². The second-order valence-electron chi connectivity index (χ2n) is 4.08. The minimum atomic E-state index is -0.173. The van der Waals surface area contributed by atoms with Crippen LogP contribution in [0.25, 0.3) is 0 Å². The van der Waals surface area contributed by atoms with Crippen LogP contribution in [0.15, 0.2) is 35.1 Å². The third-order valence-corrected chi connectivity index (χ3v) is 4.17. The Morgan fingerprint density at radius 3 is 2.80 bits per heavy atom. The molecule has 2 rings (SSSR count). The zero-order valence-electron chi connectivity index (χ0n) is 11.2. The number of hydrogen-bond donors (Lipinski definition) is 1. The highest BCUT2D eigenvalue weighted by atomic mass is 79.9. The molecule has 1 N–H and O–H groups in total. The van der Waals surface area contributed by atoms with Gasteiger partial charge in [0.05, 0.1) is 18.2 Å². The molecule has 0 aliphatic heterocycles. The Morgan fingerprint density at radius 2 is 2.10 bits per heavy atom. The second kappa shape index (κ2) is 7.02. The summed E-state index contributed by atoms with van der Waals surface area (Å²) in [5.41, 5.74) is 1.65. The molecule has 0 amide bonds. The van der Waals surface area contributed by atoms with Crippen molar-refractivity contribution in [3.63, 3.8) is 0 Å². The summed E-state index contributed by atoms with van der Waals surface area (Å²) in [4.78, 5) is 8.59. The molecule has 106 valence electrons. The summed E-state index contributed by atoms with van der Waals surface area (Å²) < 4.78 is 6.15. The van der Waals surface area contributed by atoms with E-state index in [0.717, 1.165) is 22.3 Å². The van der Waals surface area contributed by atoms with E-state index in [1.807, 2.05) is 25.1 Å². The molecule has 1 atom stereocenters. The van der Waals surface area contributed by atoms with Crippen LogP contribution >= 0.6 is 27.5 Å². The number of hydrogen-bond acceptors (Lipinski definition) is 4. The molecule has 1 aromatic carbocycles. The number of aromatic nitrogens is 2. The molecule has 1 aromatic heterocycles. The molecular weight excluding hydrogens is 342 g/mol. The van der Waals surface area contributed by atoms with E-state index < -0.39 is 0 Å². The molecule has 6 heteroatoms. The van der Waals surface area contributed by atoms with Crippen molar-refractivity contribution >= 4 is 27.5 Å². The van der Waals surface area contributed by atoms with Crippen LogP contribution in [0, 0.1) is 0 Å². The van der Waals surface area contributed by atoms with Gasteiger partial charge in [0.15, 0.2) is 0 Å². The predicted molar refractivity (Wildman–Crippen MR) is 83.3 cm³/mol. The molecule has 4 nitrogen and oxygen atoms in total. The van der Waals surface area contributed by atoms with Gasteiger partial charge in [-0.25, -0.2) is 4.98 Å². The van der Waals surface area contributed by atoms with Gasteiger partial charge in [-0.15, -0.1) is 0 Å². The number of methoxy groups -OCH3 is 1. The van der Waals surface area contributed by atoms with Gasteiger partial charge in [-0.1, -0.05) is 30.7 Å². The molecule has 2 aromatic rings. The third-order valence-electron chi connectivity index (χ3n) is 2.86. The summed E-state index contributed by atoms with van der Waals surface area (Å²) in [5, 5.41) is 4.03. The van der Waals surface area contributed by atoms with Crippen molar-refractivity contribution in [2.45, 2.75) is 13.0 Å². The highest BCUT2D eigenvalue weighted by molar-refractivity contribution is 9.10. The van der Waals surface area contributed by atoms with Crippen LogP contribution in [0.4, 0.5) is 0 Å². The van der Waals surface area contributed by atoms with E-state index >= 15 is 0 Å². The molecule has 0 aliphatic rings. The van der Waals surface area contributed by atoms with Crippen molar-refractivity contribution in [1.29, 1.82) is 0 Å². The lowest BCUT2D eigenvalue weighted by atomic mass is 10.0. The summed E-state index contributed by atoms with van der Waals surface area (Å²) in [6, 6.07) is 5.64. The maximum Gasteiger partial charge on any atom is 0.237 e. The van der Waals surface area contributed by atoms with Crippen LogP contribution < -0.4 is 10.1 Å². The molecule has 0 bridgehead atoms. The molecule has 20 heavy (non-hydrogen) atoms. The number of nitrogens with zero attached hydrogens (tertiary/aromatic N) is 2. The van der Waals surface area contributed by atoms with Crippen LogP contribution in [-0.2, 0) is 0 Å². The first kappa shape index (κ1) is 15.2. The Labute approximate surface area is 131 Å². The molecule has 0 saturated carbocycles. The highest BCUT2D eigenvalue weighted by Crippen LogP contribution is 2.34. The Kier molecular flexibility index (Phi) is 5.34. The van der Waals surface area contributed by atoms with Crippen LogP contribution in [-0.4, -0.2) is 23.6 Å². The summed E-state index contributed by atoms with van der Waals surface area (Å²) in [6.45, 7) is 2.80. The van der Waals surface area contributed by atoms with Crippen molar-refractivity contribution < 1.29 is 4.74 Å². The van der Waals surface area contributed by atoms with E-state index in [9.17, 15) is 0 Å². The van der Waals surface area contributed by atoms with Crippen LogP contribution in [0.1, 0.15) is 24.2 Å². The maximum absolute atomic E-state index is 6.39. The van der Waals surface area contributed by atoms with Crippen LogP contribution in [0.2, 0.25) is 5.02 Å². The van der Waals surface area contributed by atoms with Crippen molar-refractivity contribution in [2.24, 2.45) is 0 Å². The van der Waals surface area contributed by atoms with Gasteiger partial charge in [0, 0.05) is 16.9 Å². The summed E-state index contributed by atoms with van der Waals surface area (Å²) >= 11 is 9.84. The molecule has 0 spiro atoms. The van der Waals surface area contributed by atoms with Crippen LogP contribution in [0.3, 0.4) is 0 Å². The Balaban J connectivity index is 2.53. The lowest BCUT2D eigenvalue weighted by Gasteiger charge is -2.20. The molecule has 1 heterocycles. The van der Waals surface area contributed by atoms with Crippen molar-refractivity contribution in [3.8, 4) is 5.88 Å². The SMILES string of the molecule is CCNC(c1cccc(Br)c1Cl)c1nccnc1OC. The van der Waals surface area contributed by atoms with Crippen molar-refractivity contribution in [2.75, 3.05) is 13.7 Å². The number of rotatable bonds is 5. The molecule has 0 radical (unpaired) electrons. The Morgan fingerprint density at radius 1 is 1.35 bits per heavy atom. The molecule has 0 fully saturated rings. The number of benzene rings is 1. The van der Waals surface area contributed by atoms with E-state index in [1.165, 1.54) is 0 Å². The fourth-order valence-electron chi connectivity index (χ4n) is 1.99. The largest absolute Gasteiger partial charge is 0.480 e. The molecule has 0 saturated heterocycles. The minimum Gasteiger partial charge on any atom is -0.480 e. The standard InChI is InChI=1S/C14H15BrClN3O/c1-3-17-12(9-5-4-6-10(15)11(9)16)13-14(20-2)19-8-7-18-13/h4-8,12,17H,3H2,1-2H3. The van der Waals surface area contributed by atoms with Crippen molar-refractivity contribution in [3.05, 3.63) is 51.3 Å². The first-order valence-corrected chi connectivity index (χ1v) is 7.38. The van der Waals surface area contributed by atoms with E-state index in [4.69, 9.17) is 16.3 Å². The second-order valence-corrected chi connectivity index (χ2v) is 5.32. The minimum absolute atomic E-state index is 0.173. The lowest BCUT2D eigenvalue weighted by Crippen LogP contribution is -2.24. The number of ether oxygens (including phenoxy) is 1. The summed E-state index contributed by atoms with van der Waals surface area (Å²) in [6.07, 6.45) is 3.25. The van der Waals surface area contributed by atoms with E-state index in [1.54, 1.807) is 19.5 Å². The maximum atomic E-state index is 6.39. The lowest BCUT2D eigenvalue weighted by molar-refractivity contribution is 0.383. The molecular formula is C14H15BrClN3O. The third kappa shape index (κ3) is 3.11. The monoisotopic (exact) mass is 355 g/mol. The van der Waals surface area contributed by atoms with E-state index in [-0.39, 0.29) is 6.04 Å². The first-order valence-electron chi connectivity index (χ1n) is 6.21. The predicted octanol–water partition coefficient (Wildman–Crippen LogP) is 3.60. The zero-order valence-corrected chi connectivity index (χ0v) is 13.6. The van der Waals surface area contributed by atoms with Gasteiger partial charge in [-0.3, -0.25) is 4.98 Å². The van der Waals surface area contributed by atoms with E-state index in [0.29, 0.717) is 10.9 Å². The average Bonchev–Trinajstić information content (AvgIpc) is 2.48. The summed E-state index contributed by atoms with van der Waals surface area (Å²) in [7, 11) is 1.58. The van der Waals surface area contributed by atoms with E-state index in [2.05, 4.69) is 31.2 Å². The fraction of sp³-hybridized carbons (Fsp3) is 0.286. The Hall–Kier alpha value is -1.17. The van der Waals surface area contributed by atoms with Gasteiger partial charge in [0.1, 0.15) is 5.69 Å². The quantitative estimate of drug-likeness (QED) is 0.889. The number of nitrogens with one attached hydrogen (secondary N) is 1. The zero-order chi connectivity index (χ0) is 14.5. The topological polar surface area (TPSA) is 47.0 Å². The average molecular weight is 357 g/mol. The van der Waals surface area contributed by atoms with Gasteiger partial charge in [-0.2, -0.15) is 0 Å². The van der Waals surface area contributed by atoms with Crippen LogP contribution in [0.5, 0.6) is 5.88 Å². The Bertz CT molecular complexity index is 594. The fourth-order valence-corrected chi connectivity index (χ4v) is 2.61.